The number of hydrogen-bond acceptors (Lipinski definition) is 8. The van der Waals surface area contributed by atoms with E-state index in [-0.39, 0.29) is 18.1 Å². The molecule has 0 saturated heterocycles. The van der Waals surface area contributed by atoms with E-state index < -0.39 is 17.9 Å². The molecular weight excluding hydrogens is 487 g/mol. The third-order valence-electron chi connectivity index (χ3n) is 5.20. The van der Waals surface area contributed by atoms with Gasteiger partial charge >= 0.3 is 6.18 Å². The number of carbonyl (C=O) groups is 1. The molecule has 0 aliphatic carbocycles. The first-order chi connectivity index (χ1) is 17.4. The second kappa shape index (κ2) is 11.1. The van der Waals surface area contributed by atoms with E-state index in [0.717, 1.165) is 0 Å². The van der Waals surface area contributed by atoms with Gasteiger partial charge in [0, 0.05) is 49.4 Å². The predicted octanol–water partition coefficient (Wildman–Crippen LogP) is 4.17. The molecule has 0 bridgehead atoms. The number of aromatic nitrogens is 5. The van der Waals surface area contributed by atoms with Crippen LogP contribution in [0.4, 0.5) is 24.8 Å². The molecule has 0 saturated carbocycles. The van der Waals surface area contributed by atoms with Gasteiger partial charge in [-0.2, -0.15) is 18.3 Å². The molecule has 0 fully saturated rings. The van der Waals surface area contributed by atoms with Crippen LogP contribution in [-0.4, -0.2) is 57.7 Å². The Morgan fingerprint density at radius 2 is 1.97 bits per heavy atom. The summed E-state index contributed by atoms with van der Waals surface area (Å²) in [5.74, 6) is -1.27. The number of aryl methyl sites for hydroxylation is 1. The maximum atomic E-state index is 13.4. The van der Waals surface area contributed by atoms with Gasteiger partial charge in [0.05, 0.1) is 23.3 Å². The van der Waals surface area contributed by atoms with Gasteiger partial charge in [-0.05, 0) is 39.6 Å². The van der Waals surface area contributed by atoms with Gasteiger partial charge in [0.15, 0.2) is 0 Å². The molecule has 1 amide bonds. The maximum Gasteiger partial charge on any atom is 0.451 e. The number of nitrogens with one attached hydrogen (secondary N) is 1. The van der Waals surface area contributed by atoms with Gasteiger partial charge < -0.3 is 10.2 Å². The average Bonchev–Trinajstić information content (AvgIpc) is 3.11. The maximum absolute atomic E-state index is 13.4. The monoisotopic (exact) mass is 513 g/mol. The highest BCUT2D eigenvalue weighted by atomic mass is 19.4. The minimum Gasteiger partial charge on any atom is -0.363 e. The van der Waals surface area contributed by atoms with Gasteiger partial charge in [0.1, 0.15) is 18.2 Å². The minimum absolute atomic E-state index is 0.0667. The van der Waals surface area contributed by atoms with Crippen LogP contribution in [0.5, 0.6) is 0 Å². The second-order valence-electron chi connectivity index (χ2n) is 8.09. The molecule has 0 aromatic carbocycles. The van der Waals surface area contributed by atoms with E-state index in [1.807, 2.05) is 0 Å². The fourth-order valence-corrected chi connectivity index (χ4v) is 3.43. The highest BCUT2D eigenvalue weighted by molar-refractivity contribution is 5.89. The largest absolute Gasteiger partial charge is 0.451 e. The van der Waals surface area contributed by atoms with E-state index in [2.05, 4.69) is 42.1 Å². The van der Waals surface area contributed by atoms with Crippen molar-refractivity contribution in [2.75, 3.05) is 24.3 Å². The number of aliphatic imine (C=N–C) groups is 2. The lowest BCUT2D eigenvalue weighted by Crippen LogP contribution is -2.21. The zero-order chi connectivity index (χ0) is 27.3. The Morgan fingerprint density at radius 3 is 2.54 bits per heavy atom. The van der Waals surface area contributed by atoms with Crippen LogP contribution in [0, 0.1) is 13.8 Å². The molecule has 0 unspecified atom stereocenters. The zero-order valence-electron chi connectivity index (χ0n) is 21.0. The minimum atomic E-state index is -4.72. The Bertz CT molecular complexity index is 1360. The fourth-order valence-electron chi connectivity index (χ4n) is 3.43. The van der Waals surface area contributed by atoms with E-state index in [0.29, 0.717) is 34.0 Å². The SMILES string of the molecule is C=N/C(=C\N=C/C)c1ccc(NC(=O)Cn2nc(C)c(-c3cc(N(C)C)nc(C(F)(F)F)n3)c2C)nc1. The predicted molar refractivity (Wildman–Crippen MR) is 137 cm³/mol. The first-order valence-electron chi connectivity index (χ1n) is 11.0. The Kier molecular flexibility index (Phi) is 8.15. The van der Waals surface area contributed by atoms with Crippen molar-refractivity contribution in [1.82, 2.24) is 24.7 Å². The van der Waals surface area contributed by atoms with Crippen LogP contribution in [0.1, 0.15) is 29.7 Å². The summed E-state index contributed by atoms with van der Waals surface area (Å²) < 4.78 is 41.7. The lowest BCUT2D eigenvalue weighted by molar-refractivity contribution is -0.144. The molecule has 3 aromatic rings. The third-order valence-corrected chi connectivity index (χ3v) is 5.20. The van der Waals surface area contributed by atoms with Gasteiger partial charge in [0.25, 0.3) is 0 Å². The number of amides is 1. The van der Waals surface area contributed by atoms with E-state index in [4.69, 9.17) is 0 Å². The van der Waals surface area contributed by atoms with Crippen LogP contribution >= 0.6 is 0 Å². The number of anilines is 2. The average molecular weight is 514 g/mol. The van der Waals surface area contributed by atoms with Gasteiger partial charge in [0.2, 0.25) is 11.7 Å². The molecule has 3 rings (SSSR count). The molecule has 37 heavy (non-hydrogen) atoms. The number of rotatable bonds is 8. The number of halogens is 3. The van der Waals surface area contributed by atoms with Crippen LogP contribution in [0.15, 0.2) is 40.6 Å². The normalized spacial score (nSPS) is 12.2. The first kappa shape index (κ1) is 27.2. The summed E-state index contributed by atoms with van der Waals surface area (Å²) in [5, 5.41) is 7.03. The van der Waals surface area contributed by atoms with Gasteiger partial charge in [-0.15, -0.1) is 0 Å². The summed E-state index contributed by atoms with van der Waals surface area (Å²) in [7, 11) is 3.18. The van der Waals surface area contributed by atoms with E-state index in [1.54, 1.807) is 59.4 Å². The van der Waals surface area contributed by atoms with Crippen molar-refractivity contribution >= 4 is 36.2 Å². The van der Waals surface area contributed by atoms with Crippen LogP contribution < -0.4 is 10.2 Å². The van der Waals surface area contributed by atoms with E-state index in [1.165, 1.54) is 21.8 Å². The Hall–Kier alpha value is -4.42. The number of nitrogens with zero attached hydrogens (tertiary/aromatic N) is 8. The number of pyridine rings is 1. The van der Waals surface area contributed by atoms with Crippen molar-refractivity contribution in [2.24, 2.45) is 9.98 Å². The van der Waals surface area contributed by atoms with Crippen LogP contribution in [0.2, 0.25) is 0 Å². The zero-order valence-corrected chi connectivity index (χ0v) is 21.0. The molecule has 1 N–H and O–H groups in total. The number of hydrogen-bond donors (Lipinski definition) is 1. The molecule has 194 valence electrons. The number of carbonyl (C=O) groups excluding carboxylic acids is 1. The summed E-state index contributed by atoms with van der Waals surface area (Å²) in [6.45, 7) is 8.41. The van der Waals surface area contributed by atoms with Crippen LogP contribution in [0.3, 0.4) is 0 Å². The van der Waals surface area contributed by atoms with Crippen molar-refractivity contribution in [3.8, 4) is 11.3 Å². The van der Waals surface area contributed by atoms with Gasteiger partial charge in [-0.1, -0.05) is 0 Å². The summed E-state index contributed by atoms with van der Waals surface area (Å²) in [4.78, 5) is 33.6. The fraction of sp³-hybridized carbons (Fsp3) is 0.292. The van der Waals surface area contributed by atoms with Crippen LogP contribution in [0.25, 0.3) is 17.0 Å². The molecule has 0 spiro atoms. The van der Waals surface area contributed by atoms with E-state index in [9.17, 15) is 18.0 Å². The van der Waals surface area contributed by atoms with Crippen molar-refractivity contribution in [3.63, 3.8) is 0 Å². The molecule has 3 heterocycles. The molecule has 0 radical (unpaired) electrons. The molecule has 3 aromatic heterocycles. The summed E-state index contributed by atoms with van der Waals surface area (Å²) in [6, 6.07) is 4.77. The lowest BCUT2D eigenvalue weighted by Gasteiger charge is -2.15. The molecule has 13 heteroatoms. The Labute approximate surface area is 211 Å². The summed E-state index contributed by atoms with van der Waals surface area (Å²) >= 11 is 0. The highest BCUT2D eigenvalue weighted by Crippen LogP contribution is 2.32. The molecular formula is C24H26F3N9O. The second-order valence-corrected chi connectivity index (χ2v) is 8.09. The van der Waals surface area contributed by atoms with Gasteiger partial charge in [-0.3, -0.25) is 19.5 Å². The first-order valence-corrected chi connectivity index (χ1v) is 11.0. The molecule has 0 aliphatic rings. The van der Waals surface area contributed by atoms with Crippen molar-refractivity contribution in [3.05, 3.63) is 53.4 Å². The molecule has 10 nitrogen and oxygen atoms in total. The third kappa shape index (κ3) is 6.42. The van der Waals surface area contributed by atoms with Crippen LogP contribution in [-0.2, 0) is 17.5 Å². The quantitative estimate of drug-likeness (QED) is 0.453. The smallest absolute Gasteiger partial charge is 0.363 e. The van der Waals surface area contributed by atoms with Crippen molar-refractivity contribution in [2.45, 2.75) is 33.5 Å². The van der Waals surface area contributed by atoms with Gasteiger partial charge in [-0.25, -0.2) is 15.0 Å². The standard InChI is InChI=1S/C24H26F3N9O/c1-7-29-12-18(28-4)16-8-9-19(30-11-16)32-21(37)13-36-15(3)22(14(2)34-36)17-10-20(35(5)6)33-23(31-17)24(25,26)27/h7-12H,4,13H2,1-3,5-6H3,(H,30,32,37)/b18-12-,29-7-. The Morgan fingerprint density at radius 1 is 1.24 bits per heavy atom. The topological polar surface area (TPSA) is 114 Å². The lowest BCUT2D eigenvalue weighted by atomic mass is 10.1. The number of alkyl halides is 3. The summed E-state index contributed by atoms with van der Waals surface area (Å²) in [5.41, 5.74) is 2.57. The summed E-state index contributed by atoms with van der Waals surface area (Å²) in [6.07, 6.45) is -0.0425. The molecule has 0 atom stereocenters. The Balaban J connectivity index is 1.84. The van der Waals surface area contributed by atoms with Crippen molar-refractivity contribution < 1.29 is 18.0 Å². The highest BCUT2D eigenvalue weighted by Gasteiger charge is 2.36. The van der Waals surface area contributed by atoms with E-state index >= 15 is 0 Å². The van der Waals surface area contributed by atoms with Crippen molar-refractivity contribution in [1.29, 1.82) is 0 Å². The molecule has 0 aliphatic heterocycles.